The highest BCUT2D eigenvalue weighted by Crippen LogP contribution is 2.50. The number of benzene rings is 2. The molecule has 0 amide bonds. The molecule has 112 valence electrons. The van der Waals surface area contributed by atoms with E-state index in [9.17, 15) is 0 Å². The molecule has 21 heavy (non-hydrogen) atoms. The molecule has 0 aliphatic rings. The third-order valence-corrected chi connectivity index (χ3v) is 5.42. The van der Waals surface area contributed by atoms with Gasteiger partial charge in [0.25, 0.3) is 0 Å². The molecule has 0 unspecified atom stereocenters. The van der Waals surface area contributed by atoms with Gasteiger partial charge in [0.15, 0.2) is 5.75 Å². The third-order valence-electron chi connectivity index (χ3n) is 2.70. The SMILES string of the molecule is COc1c(Cl)c(Cl)cc(-c2c(Cl)c(Cl)cc(Cl)c2Cl)c1Cl. The van der Waals surface area contributed by atoms with Gasteiger partial charge in [-0.25, -0.2) is 0 Å². The molecule has 2 aromatic rings. The van der Waals surface area contributed by atoms with Crippen LogP contribution in [0, 0.1) is 0 Å². The summed E-state index contributed by atoms with van der Waals surface area (Å²) in [6.07, 6.45) is 0. The van der Waals surface area contributed by atoms with Crippen molar-refractivity contribution in [2.24, 2.45) is 0 Å². The zero-order chi connectivity index (χ0) is 15.9. The Hall–Kier alpha value is 0.270. The monoisotopic (exact) mass is 422 g/mol. The first-order chi connectivity index (χ1) is 9.79. The van der Waals surface area contributed by atoms with Crippen molar-refractivity contribution in [3.8, 4) is 16.9 Å². The Morgan fingerprint density at radius 2 is 1.14 bits per heavy atom. The van der Waals surface area contributed by atoms with E-state index < -0.39 is 0 Å². The minimum atomic E-state index is 0.188. The van der Waals surface area contributed by atoms with Crippen LogP contribution in [-0.4, -0.2) is 7.11 Å². The summed E-state index contributed by atoms with van der Waals surface area (Å²) in [5.74, 6) is 0.212. The molecule has 0 saturated heterocycles. The molecule has 0 saturated carbocycles. The van der Waals surface area contributed by atoms with E-state index in [4.69, 9.17) is 85.9 Å². The fourth-order valence-electron chi connectivity index (χ4n) is 1.75. The summed E-state index contributed by atoms with van der Waals surface area (Å²) in [6, 6.07) is 2.97. The van der Waals surface area contributed by atoms with Gasteiger partial charge in [-0.1, -0.05) is 81.2 Å². The molecule has 0 radical (unpaired) electrons. The molecule has 8 heteroatoms. The normalized spacial score (nSPS) is 10.9. The second kappa shape index (κ2) is 6.80. The maximum Gasteiger partial charge on any atom is 0.158 e. The van der Waals surface area contributed by atoms with Gasteiger partial charge in [-0.3, -0.25) is 0 Å². The van der Waals surface area contributed by atoms with Crippen molar-refractivity contribution in [1.82, 2.24) is 0 Å². The standard InChI is InChI=1S/C13H5Cl7O/c1-21-13-9(17)4(2-5(14)12(13)20)8-10(18)6(15)3-7(16)11(8)19/h2-3H,1H3. The van der Waals surface area contributed by atoms with Gasteiger partial charge in [-0.05, 0) is 12.1 Å². The quantitative estimate of drug-likeness (QED) is 0.444. The van der Waals surface area contributed by atoms with Crippen LogP contribution in [0.5, 0.6) is 5.75 Å². The van der Waals surface area contributed by atoms with Crippen molar-refractivity contribution in [3.05, 3.63) is 47.3 Å². The number of hydrogen-bond donors (Lipinski definition) is 0. The molecule has 0 aliphatic carbocycles. The molecule has 0 N–H and O–H groups in total. The summed E-state index contributed by atoms with van der Waals surface area (Å²) in [5.41, 5.74) is 0.778. The first-order valence-corrected chi connectivity index (χ1v) is 7.99. The lowest BCUT2D eigenvalue weighted by atomic mass is 10.0. The van der Waals surface area contributed by atoms with Gasteiger partial charge in [-0.2, -0.15) is 0 Å². The molecule has 2 aromatic carbocycles. The van der Waals surface area contributed by atoms with Crippen molar-refractivity contribution in [2.75, 3.05) is 7.11 Å². The summed E-state index contributed by atoms with van der Waals surface area (Å²) in [7, 11) is 1.42. The van der Waals surface area contributed by atoms with Crippen LogP contribution in [0.25, 0.3) is 11.1 Å². The highest BCUT2D eigenvalue weighted by atomic mass is 35.5. The van der Waals surface area contributed by atoms with E-state index >= 15 is 0 Å². The van der Waals surface area contributed by atoms with Crippen molar-refractivity contribution < 1.29 is 4.74 Å². The smallest absolute Gasteiger partial charge is 0.158 e. The second-order valence-corrected chi connectivity index (χ2v) is 6.64. The Morgan fingerprint density at radius 1 is 0.667 bits per heavy atom. The van der Waals surface area contributed by atoms with E-state index in [1.165, 1.54) is 19.2 Å². The lowest BCUT2D eigenvalue weighted by Crippen LogP contribution is -1.92. The number of methoxy groups -OCH3 is 1. The van der Waals surface area contributed by atoms with E-state index in [1.807, 2.05) is 0 Å². The topological polar surface area (TPSA) is 9.23 Å². The van der Waals surface area contributed by atoms with Crippen LogP contribution in [0.15, 0.2) is 12.1 Å². The van der Waals surface area contributed by atoms with Crippen molar-refractivity contribution in [3.63, 3.8) is 0 Å². The van der Waals surface area contributed by atoms with Crippen LogP contribution in [0.4, 0.5) is 0 Å². The van der Waals surface area contributed by atoms with Crippen LogP contribution < -0.4 is 4.74 Å². The highest BCUT2D eigenvalue weighted by molar-refractivity contribution is 6.51. The average Bonchev–Trinajstić information content (AvgIpc) is 2.43. The first-order valence-electron chi connectivity index (χ1n) is 5.34. The van der Waals surface area contributed by atoms with Crippen LogP contribution in [-0.2, 0) is 0 Å². The molecule has 0 heterocycles. The maximum absolute atomic E-state index is 6.30. The zero-order valence-electron chi connectivity index (χ0n) is 10.2. The van der Waals surface area contributed by atoms with Crippen molar-refractivity contribution in [2.45, 2.75) is 0 Å². The van der Waals surface area contributed by atoms with E-state index in [2.05, 4.69) is 0 Å². The molecule has 0 spiro atoms. The van der Waals surface area contributed by atoms with Crippen molar-refractivity contribution >= 4 is 81.2 Å². The van der Waals surface area contributed by atoms with Gasteiger partial charge < -0.3 is 4.74 Å². The fraction of sp³-hybridized carbons (Fsp3) is 0.0769. The number of rotatable bonds is 2. The molecule has 2 rings (SSSR count). The first kappa shape index (κ1) is 17.6. The van der Waals surface area contributed by atoms with E-state index in [1.54, 1.807) is 0 Å². The minimum Gasteiger partial charge on any atom is -0.494 e. The van der Waals surface area contributed by atoms with Gasteiger partial charge in [0.1, 0.15) is 5.02 Å². The minimum absolute atomic E-state index is 0.188. The molecule has 1 nitrogen and oxygen atoms in total. The Labute approximate surface area is 156 Å². The van der Waals surface area contributed by atoms with Crippen LogP contribution in [0.3, 0.4) is 0 Å². The molecule has 0 aromatic heterocycles. The zero-order valence-corrected chi connectivity index (χ0v) is 15.5. The Bertz CT molecular complexity index is 701. The predicted octanol–water partition coefficient (Wildman–Crippen LogP) is 7.94. The lowest BCUT2D eigenvalue weighted by molar-refractivity contribution is 0.415. The summed E-state index contributed by atoms with van der Waals surface area (Å²) < 4.78 is 5.16. The Kier molecular flexibility index (Phi) is 5.71. The van der Waals surface area contributed by atoms with Gasteiger partial charge >= 0.3 is 0 Å². The predicted molar refractivity (Wildman–Crippen MR) is 93.5 cm³/mol. The van der Waals surface area contributed by atoms with Gasteiger partial charge in [0.2, 0.25) is 0 Å². The van der Waals surface area contributed by atoms with Crippen LogP contribution in [0.1, 0.15) is 0 Å². The van der Waals surface area contributed by atoms with E-state index in [0.717, 1.165) is 0 Å². The molecule has 0 fully saturated rings. The van der Waals surface area contributed by atoms with Crippen molar-refractivity contribution in [1.29, 1.82) is 0 Å². The number of ether oxygens (including phenoxy) is 1. The summed E-state index contributed by atoms with van der Waals surface area (Å²) >= 11 is 42.9. The second-order valence-electron chi connectivity index (χ2n) is 3.91. The van der Waals surface area contributed by atoms with Gasteiger partial charge in [0.05, 0.1) is 37.2 Å². The molecular weight excluding hydrogens is 420 g/mol. The third kappa shape index (κ3) is 3.16. The summed E-state index contributed by atoms with van der Waals surface area (Å²) in [4.78, 5) is 0. The Balaban J connectivity index is 2.89. The lowest BCUT2D eigenvalue weighted by Gasteiger charge is -2.16. The van der Waals surface area contributed by atoms with Crippen LogP contribution in [0.2, 0.25) is 35.2 Å². The number of halogens is 7. The van der Waals surface area contributed by atoms with Gasteiger partial charge in [-0.15, -0.1) is 0 Å². The molecule has 0 bridgehead atoms. The highest BCUT2D eigenvalue weighted by Gasteiger charge is 2.22. The van der Waals surface area contributed by atoms with E-state index in [-0.39, 0.29) is 40.9 Å². The maximum atomic E-state index is 6.30. The van der Waals surface area contributed by atoms with E-state index in [0.29, 0.717) is 11.1 Å². The Morgan fingerprint density at radius 3 is 1.62 bits per heavy atom. The fourth-order valence-corrected chi connectivity index (χ4v) is 3.55. The average molecular weight is 425 g/mol. The molecule has 0 atom stereocenters. The number of hydrogen-bond acceptors (Lipinski definition) is 1. The van der Waals surface area contributed by atoms with Gasteiger partial charge in [0, 0.05) is 11.1 Å². The largest absolute Gasteiger partial charge is 0.494 e. The molecule has 0 aliphatic heterocycles. The molecular formula is C13H5Cl7O. The van der Waals surface area contributed by atoms with Crippen LogP contribution >= 0.6 is 81.2 Å². The summed E-state index contributed by atoms with van der Waals surface area (Å²) in [5, 5.41) is 1.50. The summed E-state index contributed by atoms with van der Waals surface area (Å²) in [6.45, 7) is 0.